The van der Waals surface area contributed by atoms with E-state index < -0.39 is 6.58 Å². The third-order valence-corrected chi connectivity index (χ3v) is 2.83. The minimum absolute atomic E-state index is 0.972. The van der Waals surface area contributed by atoms with Crippen molar-refractivity contribution < 1.29 is 4.57 Å². The standard InChI is InChI=1S/CH3OPS2/c1-3(2)5-4/h1H3. The minimum atomic E-state index is -1.12. The van der Waals surface area contributed by atoms with Crippen molar-refractivity contribution in [2.24, 2.45) is 0 Å². The zero-order chi connectivity index (χ0) is 4.28. The van der Waals surface area contributed by atoms with Gasteiger partial charge in [-0.3, -0.25) is 4.57 Å². The average molecular weight is 126 g/mol. The van der Waals surface area contributed by atoms with Crippen LogP contribution >= 0.6 is 6.58 Å². The Morgan fingerprint density at radius 2 is 2.20 bits per heavy atom. The highest BCUT2D eigenvalue weighted by molar-refractivity contribution is 8.32. The maximum Gasteiger partial charge on any atom is 0.161 e. The molecule has 0 amide bonds. The lowest BCUT2D eigenvalue weighted by Crippen LogP contribution is -1.21. The maximum atomic E-state index is 9.82. The van der Waals surface area contributed by atoms with E-state index >= 15 is 0 Å². The predicted molar refractivity (Wildman–Crippen MR) is 28.3 cm³/mol. The quantitative estimate of drug-likeness (QED) is 0.448. The van der Waals surface area contributed by atoms with Crippen molar-refractivity contribution in [2.75, 3.05) is 6.66 Å². The molecule has 0 aliphatic carbocycles. The molecule has 0 radical (unpaired) electrons. The number of hydrogen-bond acceptors (Lipinski definition) is 2. The third-order valence-electron chi connectivity index (χ3n) is 0.105. The van der Waals surface area contributed by atoms with Crippen LogP contribution in [0.15, 0.2) is 0 Å². The normalized spacial score (nSPS) is 10.2. The largest absolute Gasteiger partial charge is 0.271 e. The van der Waals surface area contributed by atoms with Gasteiger partial charge in [0.05, 0.1) is 0 Å². The van der Waals surface area contributed by atoms with Crippen LogP contribution in [0.1, 0.15) is 0 Å². The van der Waals surface area contributed by atoms with E-state index in [-0.39, 0.29) is 0 Å². The van der Waals surface area contributed by atoms with Crippen LogP contribution in [0.2, 0.25) is 0 Å². The topological polar surface area (TPSA) is 17.1 Å². The first-order valence-corrected chi connectivity index (χ1v) is 5.03. The lowest BCUT2D eigenvalue weighted by molar-refractivity contribution is 0.600. The molecule has 0 spiro atoms. The van der Waals surface area contributed by atoms with Crippen LogP contribution in [0.25, 0.3) is 0 Å². The van der Waals surface area contributed by atoms with Gasteiger partial charge in [0, 0.05) is 6.66 Å². The van der Waals surface area contributed by atoms with Crippen molar-refractivity contribution in [3.8, 4) is 0 Å². The Morgan fingerprint density at radius 1 is 2.00 bits per heavy atom. The number of hydrogen-bond donors (Lipinski definition) is 0. The molecule has 0 heterocycles. The maximum absolute atomic E-state index is 9.82. The first kappa shape index (κ1) is 5.54. The van der Waals surface area contributed by atoms with Crippen molar-refractivity contribution in [3.63, 3.8) is 0 Å². The summed E-state index contributed by atoms with van der Waals surface area (Å²) < 4.78 is 9.82. The fourth-order valence-electron chi connectivity index (χ4n) is 0. The monoisotopic (exact) mass is 126 g/mol. The van der Waals surface area contributed by atoms with Crippen LogP contribution in [0, 0.1) is 0 Å². The van der Waals surface area contributed by atoms with Gasteiger partial charge in [-0.15, -0.1) is 0 Å². The SMILES string of the molecule is CP(=O)=S=S. The van der Waals surface area contributed by atoms with Gasteiger partial charge in [0.25, 0.3) is 0 Å². The summed E-state index contributed by atoms with van der Waals surface area (Å²) in [7, 11) is 0.972. The highest BCUT2D eigenvalue weighted by Crippen LogP contribution is 1.89. The predicted octanol–water partition coefficient (Wildman–Crippen LogP) is 0.903. The van der Waals surface area contributed by atoms with E-state index in [9.17, 15) is 4.57 Å². The summed E-state index contributed by atoms with van der Waals surface area (Å²) in [5, 5.41) is 0. The van der Waals surface area contributed by atoms with E-state index in [0.29, 0.717) is 0 Å². The zero-order valence-corrected chi connectivity index (χ0v) is 5.20. The van der Waals surface area contributed by atoms with Crippen LogP contribution in [-0.2, 0) is 25.3 Å². The van der Waals surface area contributed by atoms with Crippen LogP contribution in [-0.4, -0.2) is 6.66 Å². The van der Waals surface area contributed by atoms with Gasteiger partial charge in [-0.1, -0.05) is 0 Å². The van der Waals surface area contributed by atoms with Crippen LogP contribution in [0.3, 0.4) is 0 Å². The highest BCUT2D eigenvalue weighted by Gasteiger charge is 1.52. The van der Waals surface area contributed by atoms with Crippen molar-refractivity contribution in [1.82, 2.24) is 0 Å². The lowest BCUT2D eigenvalue weighted by atomic mass is 12.0. The first-order valence-electron chi connectivity index (χ1n) is 0.979. The summed E-state index contributed by atoms with van der Waals surface area (Å²) in [5.74, 6) is 0. The average Bonchev–Trinajstić information content (AvgIpc) is 1.38. The molecule has 0 aromatic rings. The Labute approximate surface area is 39.1 Å². The summed E-state index contributed by atoms with van der Waals surface area (Å²) >= 11 is 4.31. The Kier molecular flexibility index (Phi) is 3.06. The molecule has 0 aromatic heterocycles. The lowest BCUT2D eigenvalue weighted by Gasteiger charge is -1.43. The van der Waals surface area contributed by atoms with Crippen molar-refractivity contribution >= 4 is 27.3 Å². The van der Waals surface area contributed by atoms with Gasteiger partial charge in [0.1, 0.15) is 0 Å². The fourth-order valence-corrected chi connectivity index (χ4v) is 0. The molecule has 1 nitrogen and oxygen atoms in total. The van der Waals surface area contributed by atoms with Crippen LogP contribution in [0.4, 0.5) is 0 Å². The van der Waals surface area contributed by atoms with Crippen molar-refractivity contribution in [1.29, 1.82) is 0 Å². The first-order chi connectivity index (χ1) is 2.27. The summed E-state index contributed by atoms with van der Waals surface area (Å²) in [4.78, 5) is 0. The molecule has 0 N–H and O–H groups in total. The fraction of sp³-hybridized carbons (Fsp3) is 1.00. The molecule has 0 aliphatic heterocycles. The summed E-state index contributed by atoms with van der Waals surface area (Å²) in [6.07, 6.45) is 0. The van der Waals surface area contributed by atoms with Gasteiger partial charge < -0.3 is 0 Å². The molecule has 0 saturated carbocycles. The third kappa shape index (κ3) is 4.54. The second kappa shape index (κ2) is 2.76. The van der Waals surface area contributed by atoms with E-state index in [1.165, 1.54) is 0 Å². The Hall–Kier alpha value is 0.540. The van der Waals surface area contributed by atoms with Gasteiger partial charge in [0.2, 0.25) is 0 Å². The molecule has 30 valence electrons. The van der Waals surface area contributed by atoms with Crippen LogP contribution in [0.5, 0.6) is 0 Å². The van der Waals surface area contributed by atoms with E-state index in [1.807, 2.05) is 0 Å². The van der Waals surface area contributed by atoms with E-state index in [2.05, 4.69) is 11.2 Å². The molecule has 0 rings (SSSR count). The van der Waals surface area contributed by atoms with Crippen LogP contribution < -0.4 is 0 Å². The molecule has 0 aromatic carbocycles. The van der Waals surface area contributed by atoms with E-state index in [4.69, 9.17) is 0 Å². The molecule has 5 heavy (non-hydrogen) atoms. The summed E-state index contributed by atoms with van der Waals surface area (Å²) in [6, 6.07) is 0. The van der Waals surface area contributed by atoms with Gasteiger partial charge in [0.15, 0.2) is 6.58 Å². The minimum Gasteiger partial charge on any atom is -0.271 e. The molecule has 0 aliphatic rings. The van der Waals surface area contributed by atoms with Crippen molar-refractivity contribution in [2.45, 2.75) is 0 Å². The van der Waals surface area contributed by atoms with Gasteiger partial charge in [-0.2, -0.15) is 0 Å². The second-order valence-electron chi connectivity index (χ2n) is 0.514. The molecule has 0 fully saturated rings. The smallest absolute Gasteiger partial charge is 0.161 e. The molecule has 0 bridgehead atoms. The van der Waals surface area contributed by atoms with Crippen molar-refractivity contribution in [3.05, 3.63) is 0 Å². The molecular formula is CH3OPS2. The molecule has 1 unspecified atom stereocenters. The molecule has 4 heteroatoms. The summed E-state index contributed by atoms with van der Waals surface area (Å²) in [5.41, 5.74) is 0. The second-order valence-corrected chi connectivity index (χ2v) is 4.87. The Bertz CT molecular complexity index is 107. The zero-order valence-electron chi connectivity index (χ0n) is 2.67. The Morgan fingerprint density at radius 3 is 2.20 bits per heavy atom. The Balaban J connectivity index is 4.22. The van der Waals surface area contributed by atoms with E-state index in [1.54, 1.807) is 6.66 Å². The molecular weight excluding hydrogens is 123 g/mol. The van der Waals surface area contributed by atoms with E-state index in [0.717, 1.165) is 9.50 Å². The van der Waals surface area contributed by atoms with Gasteiger partial charge >= 0.3 is 0 Å². The highest BCUT2D eigenvalue weighted by atomic mass is 32.9. The summed E-state index contributed by atoms with van der Waals surface area (Å²) in [6.45, 7) is 0.474. The number of rotatable bonds is 0. The molecule has 1 atom stereocenters. The van der Waals surface area contributed by atoms with Gasteiger partial charge in [-0.05, 0) is 20.7 Å². The van der Waals surface area contributed by atoms with Gasteiger partial charge in [-0.25, -0.2) is 0 Å². The molecule has 0 saturated heterocycles.